The number of alkyl carbamates (subject to hydrolysis) is 1. The highest BCUT2D eigenvalue weighted by molar-refractivity contribution is 5.88. The highest BCUT2D eigenvalue weighted by Gasteiger charge is 2.06. The molecule has 1 heterocycles. The van der Waals surface area contributed by atoms with Crippen LogP contribution >= 0.6 is 0 Å². The SMILES string of the molecule is CCCCOC(=O)NCCCCCCOc1cccc2[nH][c]c(C)c12. The minimum atomic E-state index is -0.302. The van der Waals surface area contributed by atoms with Gasteiger partial charge in [0.1, 0.15) is 5.75 Å². The zero-order chi connectivity index (χ0) is 17.9. The smallest absolute Gasteiger partial charge is 0.407 e. The molecule has 25 heavy (non-hydrogen) atoms. The molecular formula is C20H29N2O3. The molecule has 2 aromatic rings. The summed E-state index contributed by atoms with van der Waals surface area (Å²) < 4.78 is 11.0. The summed E-state index contributed by atoms with van der Waals surface area (Å²) >= 11 is 0. The van der Waals surface area contributed by atoms with Crippen LogP contribution in [0, 0.1) is 13.1 Å². The maximum Gasteiger partial charge on any atom is 0.407 e. The summed E-state index contributed by atoms with van der Waals surface area (Å²) in [7, 11) is 0. The van der Waals surface area contributed by atoms with Crippen LogP contribution in [0.2, 0.25) is 0 Å². The Kier molecular flexibility index (Phi) is 8.16. The molecule has 0 saturated heterocycles. The number of nitrogens with one attached hydrogen (secondary N) is 2. The predicted octanol–water partition coefficient (Wildman–Crippen LogP) is 4.74. The highest BCUT2D eigenvalue weighted by Crippen LogP contribution is 2.28. The van der Waals surface area contributed by atoms with Gasteiger partial charge in [0.25, 0.3) is 0 Å². The number of carbonyl (C=O) groups is 1. The van der Waals surface area contributed by atoms with E-state index in [1.807, 2.05) is 25.1 Å². The van der Waals surface area contributed by atoms with Crippen molar-refractivity contribution in [3.8, 4) is 5.75 Å². The number of aromatic amines is 1. The Balaban J connectivity index is 1.54. The van der Waals surface area contributed by atoms with Crippen molar-refractivity contribution < 1.29 is 14.3 Å². The predicted molar refractivity (Wildman–Crippen MR) is 100 cm³/mol. The quantitative estimate of drug-likeness (QED) is 0.578. The van der Waals surface area contributed by atoms with Gasteiger partial charge in [0.15, 0.2) is 0 Å². The maximum atomic E-state index is 11.4. The Labute approximate surface area is 150 Å². The minimum Gasteiger partial charge on any atom is -0.493 e. The van der Waals surface area contributed by atoms with Gasteiger partial charge < -0.3 is 19.8 Å². The zero-order valence-electron chi connectivity index (χ0n) is 15.3. The Morgan fingerprint density at radius 3 is 2.84 bits per heavy atom. The van der Waals surface area contributed by atoms with Gasteiger partial charge >= 0.3 is 6.09 Å². The summed E-state index contributed by atoms with van der Waals surface area (Å²) in [5.41, 5.74) is 2.15. The molecule has 0 fully saturated rings. The highest BCUT2D eigenvalue weighted by atomic mass is 16.5. The van der Waals surface area contributed by atoms with Crippen LogP contribution in [0.3, 0.4) is 0 Å². The average molecular weight is 345 g/mol. The molecule has 0 atom stereocenters. The first-order valence-corrected chi connectivity index (χ1v) is 9.24. The molecular weight excluding hydrogens is 316 g/mol. The number of unbranched alkanes of at least 4 members (excludes halogenated alkanes) is 4. The summed E-state index contributed by atoms with van der Waals surface area (Å²) in [4.78, 5) is 14.5. The molecule has 0 spiro atoms. The molecule has 0 aliphatic rings. The van der Waals surface area contributed by atoms with E-state index in [-0.39, 0.29) is 6.09 Å². The van der Waals surface area contributed by atoms with Gasteiger partial charge in [-0.3, -0.25) is 0 Å². The van der Waals surface area contributed by atoms with Crippen molar-refractivity contribution in [2.45, 2.75) is 52.4 Å². The topological polar surface area (TPSA) is 63.4 Å². The molecule has 0 unspecified atom stereocenters. The van der Waals surface area contributed by atoms with Gasteiger partial charge in [-0.1, -0.05) is 32.3 Å². The third-order valence-corrected chi connectivity index (χ3v) is 4.11. The van der Waals surface area contributed by atoms with Crippen molar-refractivity contribution in [2.75, 3.05) is 19.8 Å². The summed E-state index contributed by atoms with van der Waals surface area (Å²) in [6.07, 6.45) is 8.89. The first-order valence-electron chi connectivity index (χ1n) is 9.24. The first kappa shape index (κ1) is 19.2. The molecule has 0 bridgehead atoms. The zero-order valence-corrected chi connectivity index (χ0v) is 15.3. The van der Waals surface area contributed by atoms with E-state index >= 15 is 0 Å². The number of carbonyl (C=O) groups excluding carboxylic acids is 1. The van der Waals surface area contributed by atoms with E-state index in [4.69, 9.17) is 9.47 Å². The van der Waals surface area contributed by atoms with E-state index in [1.165, 1.54) is 0 Å². The van der Waals surface area contributed by atoms with Gasteiger partial charge in [-0.15, -0.1) is 0 Å². The summed E-state index contributed by atoms with van der Waals surface area (Å²) in [6, 6.07) is 6.03. The summed E-state index contributed by atoms with van der Waals surface area (Å²) in [6.45, 7) is 5.99. The Morgan fingerprint density at radius 2 is 2.00 bits per heavy atom. The lowest BCUT2D eigenvalue weighted by Gasteiger charge is -2.09. The van der Waals surface area contributed by atoms with Gasteiger partial charge in [0.2, 0.25) is 0 Å². The second-order valence-corrected chi connectivity index (χ2v) is 6.23. The van der Waals surface area contributed by atoms with Crippen LogP contribution < -0.4 is 10.1 Å². The van der Waals surface area contributed by atoms with Crippen molar-refractivity contribution in [3.63, 3.8) is 0 Å². The van der Waals surface area contributed by atoms with Crippen molar-refractivity contribution in [3.05, 3.63) is 30.0 Å². The Hall–Kier alpha value is -2.17. The molecule has 5 nitrogen and oxygen atoms in total. The third kappa shape index (κ3) is 6.33. The minimum absolute atomic E-state index is 0.302. The second-order valence-electron chi connectivity index (χ2n) is 6.23. The summed E-state index contributed by atoms with van der Waals surface area (Å²) in [5, 5.41) is 3.90. The van der Waals surface area contributed by atoms with Crippen LogP contribution in [0.5, 0.6) is 5.75 Å². The molecule has 1 amide bonds. The number of amides is 1. The fraction of sp³-hybridized carbons (Fsp3) is 0.550. The van der Waals surface area contributed by atoms with Crippen molar-refractivity contribution in [2.24, 2.45) is 0 Å². The monoisotopic (exact) mass is 345 g/mol. The number of ether oxygens (including phenoxy) is 2. The van der Waals surface area contributed by atoms with Crippen molar-refractivity contribution in [1.29, 1.82) is 0 Å². The van der Waals surface area contributed by atoms with Crippen LogP contribution in [0.25, 0.3) is 10.9 Å². The van der Waals surface area contributed by atoms with Crippen LogP contribution in [0.1, 0.15) is 51.0 Å². The fourth-order valence-corrected chi connectivity index (χ4v) is 2.68. The first-order chi connectivity index (χ1) is 12.2. The van der Waals surface area contributed by atoms with Crippen LogP contribution in [0.15, 0.2) is 18.2 Å². The molecule has 1 aromatic heterocycles. The maximum absolute atomic E-state index is 11.4. The van der Waals surface area contributed by atoms with E-state index in [0.717, 1.165) is 60.7 Å². The molecule has 5 heteroatoms. The van der Waals surface area contributed by atoms with Crippen LogP contribution in [0.4, 0.5) is 4.79 Å². The number of aromatic nitrogens is 1. The lowest BCUT2D eigenvalue weighted by Crippen LogP contribution is -2.25. The normalized spacial score (nSPS) is 10.8. The van der Waals surface area contributed by atoms with Gasteiger partial charge in [-0.25, -0.2) is 4.79 Å². The molecule has 137 valence electrons. The Morgan fingerprint density at radius 1 is 1.16 bits per heavy atom. The molecule has 2 rings (SSSR count). The lowest BCUT2D eigenvalue weighted by molar-refractivity contribution is 0.144. The van der Waals surface area contributed by atoms with Crippen molar-refractivity contribution >= 4 is 17.0 Å². The van der Waals surface area contributed by atoms with Crippen LogP contribution in [-0.2, 0) is 4.74 Å². The molecule has 2 N–H and O–H groups in total. The second kappa shape index (κ2) is 10.6. The van der Waals surface area contributed by atoms with Gasteiger partial charge in [0, 0.05) is 17.4 Å². The molecule has 1 radical (unpaired) electrons. The van der Waals surface area contributed by atoms with E-state index in [2.05, 4.69) is 23.4 Å². The fourth-order valence-electron chi connectivity index (χ4n) is 2.68. The standard InChI is InChI=1S/C20H29N2O3/c1-3-4-13-25-20(23)21-12-7-5-6-8-14-24-18-11-9-10-17-19(18)16(2)15-22-17/h9-11,22H,3-8,12-14H2,1-2H3,(H,21,23). The number of hydrogen-bond acceptors (Lipinski definition) is 3. The number of hydrogen-bond donors (Lipinski definition) is 2. The largest absolute Gasteiger partial charge is 0.493 e. The van der Waals surface area contributed by atoms with E-state index in [1.54, 1.807) is 0 Å². The molecule has 0 aliphatic carbocycles. The number of aryl methyl sites for hydroxylation is 1. The third-order valence-electron chi connectivity index (χ3n) is 4.11. The lowest BCUT2D eigenvalue weighted by atomic mass is 10.1. The number of fused-ring (bicyclic) bond motifs is 1. The van der Waals surface area contributed by atoms with E-state index in [0.29, 0.717) is 19.8 Å². The molecule has 0 saturated carbocycles. The Bertz CT molecular complexity index is 651. The van der Waals surface area contributed by atoms with Gasteiger partial charge in [-0.05, 0) is 43.9 Å². The number of benzene rings is 1. The van der Waals surface area contributed by atoms with E-state index < -0.39 is 0 Å². The molecule has 0 aliphatic heterocycles. The van der Waals surface area contributed by atoms with Crippen molar-refractivity contribution in [1.82, 2.24) is 10.3 Å². The summed E-state index contributed by atoms with van der Waals surface area (Å²) in [5.74, 6) is 0.920. The number of rotatable bonds is 11. The molecule has 1 aromatic carbocycles. The van der Waals surface area contributed by atoms with Crippen LogP contribution in [-0.4, -0.2) is 30.8 Å². The van der Waals surface area contributed by atoms with E-state index in [9.17, 15) is 4.79 Å². The average Bonchev–Trinajstić information content (AvgIpc) is 2.99. The van der Waals surface area contributed by atoms with Gasteiger partial charge in [0.05, 0.1) is 19.4 Å². The number of H-pyrrole nitrogens is 1. The van der Waals surface area contributed by atoms with Gasteiger partial charge in [-0.2, -0.15) is 0 Å².